The summed E-state index contributed by atoms with van der Waals surface area (Å²) in [6.45, 7) is -5.18. The van der Waals surface area contributed by atoms with Gasteiger partial charge in [0.05, 0.1) is 25.9 Å². The lowest BCUT2D eigenvalue weighted by Crippen LogP contribution is -2.48. The highest BCUT2D eigenvalue weighted by atomic mass is 32.7. The first-order chi connectivity index (χ1) is 32.6. The number of nitrogens with two attached hydrogens (primary N) is 2. The van der Waals surface area contributed by atoms with E-state index in [9.17, 15) is 28.3 Å². The van der Waals surface area contributed by atoms with Crippen molar-refractivity contribution in [2.45, 2.75) is 114 Å². The molecule has 3 aliphatic heterocycles. The van der Waals surface area contributed by atoms with Gasteiger partial charge in [-0.3, -0.25) is 36.8 Å². The summed E-state index contributed by atoms with van der Waals surface area (Å²) in [5, 5.41) is 10.3. The van der Waals surface area contributed by atoms with Gasteiger partial charge in [-0.1, -0.05) is 24.5 Å². The Kier molecular flexibility index (Phi) is 16.3. The Balaban J connectivity index is 0.969. The largest absolute Gasteiger partial charge is 0.444 e. The lowest BCUT2D eigenvalue weighted by molar-refractivity contribution is -0.123. The lowest BCUT2D eigenvalue weighted by Gasteiger charge is -2.28. The van der Waals surface area contributed by atoms with Gasteiger partial charge in [0, 0.05) is 19.5 Å². The van der Waals surface area contributed by atoms with Crippen molar-refractivity contribution in [3.63, 3.8) is 0 Å². The number of fused-ring (bicyclic) bond motifs is 4. The van der Waals surface area contributed by atoms with Crippen LogP contribution in [0.4, 0.5) is 30.0 Å². The zero-order valence-corrected chi connectivity index (χ0v) is 40.5. The number of nitrogens with zero attached hydrogens (tertiary/aromatic N) is 8. The van der Waals surface area contributed by atoms with E-state index < -0.39 is 112 Å². The number of ether oxygens (including phenoxy) is 3. The Morgan fingerprint density at radius 3 is 1.96 bits per heavy atom. The van der Waals surface area contributed by atoms with E-state index in [4.69, 9.17) is 43.8 Å². The molecule has 8 N–H and O–H groups in total. The molecule has 33 heteroatoms. The molecule has 0 aromatic carbocycles. The third kappa shape index (κ3) is 12.9. The van der Waals surface area contributed by atoms with Crippen LogP contribution in [0.2, 0.25) is 0 Å². The molecule has 3 fully saturated rings. The van der Waals surface area contributed by atoms with Crippen LogP contribution >= 0.6 is 38.1 Å². The Morgan fingerprint density at radius 1 is 0.826 bits per heavy atom. The van der Waals surface area contributed by atoms with Crippen LogP contribution in [-0.2, 0) is 51.0 Å². The Hall–Kier alpha value is -4.84. The van der Waals surface area contributed by atoms with Crippen molar-refractivity contribution in [3.8, 4) is 0 Å². The van der Waals surface area contributed by atoms with Gasteiger partial charge in [0.15, 0.2) is 53.2 Å². The van der Waals surface area contributed by atoms with Crippen molar-refractivity contribution in [1.82, 2.24) is 55.0 Å². The molecule has 0 spiro atoms. The maximum Gasteiger partial charge on any atom is 0.408 e. The molecule has 11 atom stereocenters. The van der Waals surface area contributed by atoms with Crippen LogP contribution in [0.1, 0.15) is 65.3 Å². The topological polar surface area (TPSA) is 354 Å². The molecule has 4 aromatic heterocycles. The number of nitrogen functional groups attached to an aromatic ring is 1. The maximum absolute atomic E-state index is 16.6. The zero-order valence-electron chi connectivity index (χ0n) is 37.0. The van der Waals surface area contributed by atoms with Crippen LogP contribution in [-0.4, -0.2) is 138 Å². The lowest BCUT2D eigenvalue weighted by atomic mass is 10.1. The highest BCUT2D eigenvalue weighted by Gasteiger charge is 2.54. The normalized spacial score (nSPS) is 29.0. The second-order valence-corrected chi connectivity index (χ2v) is 22.5. The van der Waals surface area contributed by atoms with Gasteiger partial charge in [-0.15, -0.1) is 0 Å². The SMILES string of the molecule is CC(C)(C)OC(=O)N[C@@H](CCCCNC(N)=O)C(=O)NCCCC(=O)Nc1ncnc2c1ncn2[C@@H]1O[C@@H]2CO[P@@](=O)(S)OC3[C@@H](F)[C@H](n4cnc5c(N)ncnc54)O[C@@H]3CO[P@@](=O)(S)OC2[C@H]1F. The molecule has 2 unspecified atom stereocenters. The molecule has 27 nitrogen and oxygen atoms in total. The van der Waals surface area contributed by atoms with E-state index in [0.717, 1.165) is 23.5 Å². The fourth-order valence-corrected chi connectivity index (χ4v) is 10.4. The van der Waals surface area contributed by atoms with Gasteiger partial charge in [-0.2, -0.15) is 0 Å². The third-order valence-electron chi connectivity index (χ3n) is 10.5. The molecule has 378 valence electrons. The molecule has 0 radical (unpaired) electrons. The number of urea groups is 1. The van der Waals surface area contributed by atoms with Crippen molar-refractivity contribution in [3.05, 3.63) is 25.3 Å². The second-order valence-electron chi connectivity index (χ2n) is 16.7. The number of alkyl carbamates (subject to hydrolysis) is 1. The van der Waals surface area contributed by atoms with Crippen molar-refractivity contribution in [1.29, 1.82) is 0 Å². The zero-order chi connectivity index (χ0) is 49.8. The average Bonchev–Trinajstić information content (AvgIpc) is 4.04. The van der Waals surface area contributed by atoms with E-state index in [-0.39, 0.29) is 66.3 Å². The first-order valence-electron chi connectivity index (χ1n) is 21.2. The first-order valence-corrected chi connectivity index (χ1v) is 26.6. The quantitative estimate of drug-likeness (QED) is 0.0511. The van der Waals surface area contributed by atoms with Crippen molar-refractivity contribution in [2.75, 3.05) is 37.4 Å². The smallest absolute Gasteiger partial charge is 0.408 e. The molecule has 7 rings (SSSR count). The number of amides is 5. The summed E-state index contributed by atoms with van der Waals surface area (Å²) >= 11 is 8.08. The number of nitrogens with one attached hydrogen (secondary N) is 4. The number of imidazole rings is 2. The van der Waals surface area contributed by atoms with E-state index in [0.29, 0.717) is 12.8 Å². The van der Waals surface area contributed by atoms with E-state index in [2.05, 4.69) is 75.7 Å². The van der Waals surface area contributed by atoms with Gasteiger partial charge in [0.25, 0.3) is 0 Å². The number of aromatic nitrogens is 8. The summed E-state index contributed by atoms with van der Waals surface area (Å²) in [5.41, 5.74) is 10.4. The minimum absolute atomic E-state index is 0.0155. The van der Waals surface area contributed by atoms with Gasteiger partial charge in [0.2, 0.25) is 11.8 Å². The molecule has 0 bridgehead atoms. The van der Waals surface area contributed by atoms with Crippen molar-refractivity contribution < 1.29 is 69.4 Å². The Bertz CT molecular complexity index is 2630. The molecule has 69 heavy (non-hydrogen) atoms. The highest BCUT2D eigenvalue weighted by molar-refractivity contribution is 8.44. The average molecular weight is 1050 g/mol. The number of hydrogen-bond donors (Lipinski definition) is 8. The van der Waals surface area contributed by atoms with Gasteiger partial charge >= 0.3 is 25.7 Å². The molecular weight excluding hydrogens is 1000 g/mol. The standard InChI is InChI=1S/C36H50F2N14O13P2S2/c1-36(2,3)63-35(56)49-17(7-4-5-9-42-34(40)55)31(54)41-10-6-8-20(53)50-28-24-30(46-14-44-28)52(16-48-24)33-22(38)26-19(62-33)12-60-66(57,68)64-25-18(11-59-67(58,69)65-26)61-32(21(25)37)51-15-47-23-27(39)43-13-45-29(23)51/h13-19,21-22,25-26,32-33H,4-12H2,1-3H3,(H,41,54)(H,49,56)(H,57,68)(H,58,69)(H2,39,43,45)(H3,40,42,55)(H,44,46,50,53)/t17-,18+,19+,21+,22+,25?,26?,32+,33+,66+,67+/m0/s1. The summed E-state index contributed by atoms with van der Waals surface area (Å²) in [7, 11) is 0. The maximum atomic E-state index is 16.6. The molecule has 3 aliphatic rings. The monoisotopic (exact) mass is 1050 g/mol. The summed E-state index contributed by atoms with van der Waals surface area (Å²) in [6.07, 6.45) is -8.79. The van der Waals surface area contributed by atoms with Gasteiger partial charge in [0.1, 0.15) is 54.2 Å². The highest BCUT2D eigenvalue weighted by Crippen LogP contribution is 2.60. The van der Waals surface area contributed by atoms with E-state index in [1.807, 2.05) is 0 Å². The van der Waals surface area contributed by atoms with Crippen molar-refractivity contribution in [2.24, 2.45) is 5.73 Å². The molecule has 7 heterocycles. The number of unbranched alkanes of at least 4 members (excludes halogenated alkanes) is 1. The summed E-state index contributed by atoms with van der Waals surface area (Å²) in [6, 6.07) is -1.66. The van der Waals surface area contributed by atoms with Crippen LogP contribution in [0.5, 0.6) is 0 Å². The third-order valence-corrected chi connectivity index (χ3v) is 13.7. The summed E-state index contributed by atoms with van der Waals surface area (Å²) in [5.74, 6) is -1.09. The Labute approximate surface area is 401 Å². The Morgan fingerprint density at radius 2 is 1.38 bits per heavy atom. The number of primary amides is 1. The first kappa shape index (κ1) is 52.0. The number of carbonyl (C=O) groups is 4. The molecule has 5 amide bonds. The van der Waals surface area contributed by atoms with Crippen LogP contribution < -0.4 is 32.7 Å². The van der Waals surface area contributed by atoms with Crippen LogP contribution in [0.3, 0.4) is 0 Å². The minimum Gasteiger partial charge on any atom is -0.444 e. The predicted octanol–water partition coefficient (Wildman–Crippen LogP) is 3.18. The molecule has 4 aromatic rings. The van der Waals surface area contributed by atoms with Crippen molar-refractivity contribution >= 4 is 96.0 Å². The number of halogens is 2. The predicted molar refractivity (Wildman–Crippen MR) is 243 cm³/mol. The fraction of sp³-hybridized carbons (Fsp3) is 0.611. The fourth-order valence-electron chi connectivity index (χ4n) is 7.43. The summed E-state index contributed by atoms with van der Waals surface area (Å²) < 4.78 is 102. The molecular formula is C36H50F2N14O13P2S2. The van der Waals surface area contributed by atoms with Crippen LogP contribution in [0.15, 0.2) is 25.3 Å². The number of alkyl halides is 2. The number of carbonyl (C=O) groups excluding carboxylic acids is 4. The van der Waals surface area contributed by atoms with Gasteiger partial charge in [-0.05, 0) is 46.5 Å². The number of thiol groups is 2. The number of anilines is 2. The molecule has 0 aliphatic carbocycles. The van der Waals surface area contributed by atoms with Gasteiger partial charge < -0.3 is 46.9 Å². The number of hydrogen-bond acceptors (Lipinski definition) is 20. The molecule has 0 saturated carbocycles. The van der Waals surface area contributed by atoms with E-state index in [1.165, 1.54) is 10.9 Å². The minimum atomic E-state index is -4.53. The van der Waals surface area contributed by atoms with E-state index >= 15 is 8.78 Å². The second kappa shape index (κ2) is 21.7. The van der Waals surface area contributed by atoms with Crippen LogP contribution in [0.25, 0.3) is 22.3 Å². The molecule has 3 saturated heterocycles. The number of rotatable bonds is 14. The summed E-state index contributed by atoms with van der Waals surface area (Å²) in [4.78, 5) is 74.2. The van der Waals surface area contributed by atoms with Crippen LogP contribution in [0, 0.1) is 0 Å². The van der Waals surface area contributed by atoms with Gasteiger partial charge in [-0.25, -0.2) is 57.4 Å². The van der Waals surface area contributed by atoms with E-state index in [1.54, 1.807) is 20.8 Å².